The molecule has 0 N–H and O–H groups in total. The fraction of sp³-hybridized carbons (Fsp3) is 0.600. The highest BCUT2D eigenvalue weighted by Gasteiger charge is 2.42. The topological polar surface area (TPSA) is 58.0 Å². The average Bonchev–Trinajstić information content (AvgIpc) is 3.35. The lowest BCUT2D eigenvalue weighted by atomic mass is 10.0. The first kappa shape index (κ1) is 16.8. The summed E-state index contributed by atoms with van der Waals surface area (Å²) in [6, 6.07) is 0. The van der Waals surface area contributed by atoms with E-state index in [9.17, 15) is 4.39 Å². The van der Waals surface area contributed by atoms with E-state index in [1.807, 2.05) is 13.8 Å². The van der Waals surface area contributed by atoms with E-state index in [-0.39, 0.29) is 5.82 Å². The fourth-order valence-corrected chi connectivity index (χ4v) is 5.00. The van der Waals surface area contributed by atoms with Gasteiger partial charge in [-0.25, -0.2) is 24.3 Å². The largest absolute Gasteiger partial charge is 0.356 e. The van der Waals surface area contributed by atoms with Crippen LogP contribution >= 0.6 is 0 Å². The van der Waals surface area contributed by atoms with Crippen LogP contribution in [0.15, 0.2) is 6.33 Å². The summed E-state index contributed by atoms with van der Waals surface area (Å²) in [6.07, 6.45) is 5.43. The second-order valence-corrected chi connectivity index (χ2v) is 8.01. The first-order valence-corrected chi connectivity index (χ1v) is 9.99. The predicted octanol–water partition coefficient (Wildman–Crippen LogP) is 2.34. The molecule has 6 nitrogen and oxygen atoms in total. The van der Waals surface area contributed by atoms with Gasteiger partial charge in [-0.3, -0.25) is 0 Å². The van der Waals surface area contributed by atoms with E-state index in [1.54, 1.807) is 0 Å². The minimum Gasteiger partial charge on any atom is -0.356 e. The highest BCUT2D eigenvalue weighted by atomic mass is 19.1. The molecular weight excluding hydrogens is 343 g/mol. The number of hydrogen-bond acceptors (Lipinski definition) is 6. The van der Waals surface area contributed by atoms with Gasteiger partial charge < -0.3 is 9.80 Å². The Kier molecular flexibility index (Phi) is 3.98. The molecule has 2 aliphatic heterocycles. The Morgan fingerprint density at radius 1 is 1.00 bits per heavy atom. The summed E-state index contributed by atoms with van der Waals surface area (Å²) >= 11 is 0. The van der Waals surface area contributed by atoms with Crippen LogP contribution in [0.25, 0.3) is 0 Å². The molecule has 0 amide bonds. The maximum atomic E-state index is 14.6. The fourth-order valence-electron chi connectivity index (χ4n) is 5.00. The zero-order valence-electron chi connectivity index (χ0n) is 16.0. The first-order chi connectivity index (χ1) is 13.1. The third-order valence-electron chi connectivity index (χ3n) is 6.29. The van der Waals surface area contributed by atoms with Crippen molar-refractivity contribution >= 4 is 11.6 Å². The molecule has 4 heterocycles. The van der Waals surface area contributed by atoms with Gasteiger partial charge in [-0.1, -0.05) is 6.92 Å². The van der Waals surface area contributed by atoms with Crippen LogP contribution in [0.4, 0.5) is 16.0 Å². The van der Waals surface area contributed by atoms with E-state index < -0.39 is 0 Å². The molecule has 2 saturated heterocycles. The number of anilines is 2. The highest BCUT2D eigenvalue weighted by molar-refractivity contribution is 5.53. The molecule has 1 aliphatic carbocycles. The van der Waals surface area contributed by atoms with Crippen LogP contribution in [0.2, 0.25) is 0 Å². The smallest absolute Gasteiger partial charge is 0.187 e. The quantitative estimate of drug-likeness (QED) is 0.829. The standard InChI is InChI=1S/C20H25FN6/c1-3-16-18(21)20(23-11-22-16)27-9-13-7-26(8-14(13)10-27)19-15-5-4-6-17(15)24-12(2)25-19/h11,13-14H,3-10H2,1-2H3. The number of fused-ring (bicyclic) bond motifs is 2. The SMILES string of the molecule is CCc1ncnc(N2CC3CN(c4nc(C)nc5c4CCC5)CC3C2)c1F. The number of rotatable bonds is 3. The molecule has 0 aromatic carbocycles. The van der Waals surface area contributed by atoms with Gasteiger partial charge in [0.2, 0.25) is 0 Å². The molecule has 0 spiro atoms. The predicted molar refractivity (Wildman–Crippen MR) is 102 cm³/mol. The molecule has 5 rings (SSSR count). The van der Waals surface area contributed by atoms with Gasteiger partial charge in [-0.05, 0) is 32.6 Å². The van der Waals surface area contributed by atoms with Crippen LogP contribution in [-0.2, 0) is 19.3 Å². The lowest BCUT2D eigenvalue weighted by Crippen LogP contribution is -2.31. The van der Waals surface area contributed by atoms with Gasteiger partial charge >= 0.3 is 0 Å². The highest BCUT2D eigenvalue weighted by Crippen LogP contribution is 2.38. The number of aromatic nitrogens is 4. The molecule has 0 saturated carbocycles. The van der Waals surface area contributed by atoms with E-state index in [0.29, 0.717) is 29.8 Å². The lowest BCUT2D eigenvalue weighted by molar-refractivity contribution is 0.533. The van der Waals surface area contributed by atoms with Crippen molar-refractivity contribution in [2.45, 2.75) is 39.5 Å². The maximum absolute atomic E-state index is 14.6. The Labute approximate surface area is 158 Å². The van der Waals surface area contributed by atoms with Crippen LogP contribution in [0.1, 0.15) is 36.1 Å². The van der Waals surface area contributed by atoms with Crippen LogP contribution < -0.4 is 9.80 Å². The van der Waals surface area contributed by atoms with Gasteiger partial charge in [-0.2, -0.15) is 0 Å². The van der Waals surface area contributed by atoms with Crippen molar-refractivity contribution in [3.8, 4) is 0 Å². The van der Waals surface area contributed by atoms with E-state index in [0.717, 1.165) is 50.7 Å². The van der Waals surface area contributed by atoms with E-state index >= 15 is 0 Å². The monoisotopic (exact) mass is 368 g/mol. The lowest BCUT2D eigenvalue weighted by Gasteiger charge is -2.25. The summed E-state index contributed by atoms with van der Waals surface area (Å²) in [6.45, 7) is 7.59. The molecule has 0 bridgehead atoms. The summed E-state index contributed by atoms with van der Waals surface area (Å²) in [5, 5.41) is 0. The summed E-state index contributed by atoms with van der Waals surface area (Å²) in [7, 11) is 0. The minimum atomic E-state index is -0.249. The summed E-state index contributed by atoms with van der Waals surface area (Å²) < 4.78 is 14.6. The van der Waals surface area contributed by atoms with Crippen LogP contribution in [0.5, 0.6) is 0 Å². The number of aryl methyl sites for hydroxylation is 3. The van der Waals surface area contributed by atoms with Crippen molar-refractivity contribution in [2.75, 3.05) is 36.0 Å². The maximum Gasteiger partial charge on any atom is 0.187 e. The second kappa shape index (κ2) is 6.39. The van der Waals surface area contributed by atoms with Gasteiger partial charge in [0.15, 0.2) is 11.6 Å². The second-order valence-electron chi connectivity index (χ2n) is 8.01. The third kappa shape index (κ3) is 2.75. The van der Waals surface area contributed by atoms with E-state index in [4.69, 9.17) is 4.98 Å². The van der Waals surface area contributed by atoms with Crippen molar-refractivity contribution in [3.05, 3.63) is 34.9 Å². The average molecular weight is 368 g/mol. The molecule has 142 valence electrons. The van der Waals surface area contributed by atoms with Crippen LogP contribution in [0, 0.1) is 24.6 Å². The van der Waals surface area contributed by atoms with Gasteiger partial charge in [-0.15, -0.1) is 0 Å². The van der Waals surface area contributed by atoms with Gasteiger partial charge in [0.05, 0.1) is 5.69 Å². The zero-order chi connectivity index (χ0) is 18.5. The molecule has 7 heteroatoms. The molecule has 2 aromatic rings. The Bertz CT molecular complexity index is 871. The number of hydrogen-bond donors (Lipinski definition) is 0. The first-order valence-electron chi connectivity index (χ1n) is 9.99. The molecule has 2 aromatic heterocycles. The molecule has 2 unspecified atom stereocenters. The van der Waals surface area contributed by atoms with Gasteiger partial charge in [0, 0.05) is 49.3 Å². The Morgan fingerprint density at radius 3 is 2.41 bits per heavy atom. The molecule has 27 heavy (non-hydrogen) atoms. The molecule has 2 atom stereocenters. The van der Waals surface area contributed by atoms with Crippen molar-refractivity contribution in [1.29, 1.82) is 0 Å². The van der Waals surface area contributed by atoms with Crippen molar-refractivity contribution in [1.82, 2.24) is 19.9 Å². The normalized spacial score (nSPS) is 23.8. The van der Waals surface area contributed by atoms with E-state index in [2.05, 4.69) is 24.8 Å². The zero-order valence-corrected chi connectivity index (χ0v) is 16.0. The Balaban J connectivity index is 1.35. The van der Waals surface area contributed by atoms with Crippen molar-refractivity contribution < 1.29 is 4.39 Å². The Morgan fingerprint density at radius 2 is 1.70 bits per heavy atom. The van der Waals surface area contributed by atoms with Gasteiger partial charge in [0.1, 0.15) is 18.0 Å². The van der Waals surface area contributed by atoms with Crippen molar-refractivity contribution in [3.63, 3.8) is 0 Å². The number of halogens is 1. The van der Waals surface area contributed by atoms with Crippen LogP contribution in [-0.4, -0.2) is 46.1 Å². The molecular formula is C20H25FN6. The minimum absolute atomic E-state index is 0.249. The van der Waals surface area contributed by atoms with Crippen molar-refractivity contribution in [2.24, 2.45) is 11.8 Å². The van der Waals surface area contributed by atoms with Crippen LogP contribution in [0.3, 0.4) is 0 Å². The molecule has 3 aliphatic rings. The van der Waals surface area contributed by atoms with Gasteiger partial charge in [0.25, 0.3) is 0 Å². The Hall–Kier alpha value is -2.31. The molecule has 2 fully saturated rings. The summed E-state index contributed by atoms with van der Waals surface area (Å²) in [5.74, 6) is 3.30. The molecule has 0 radical (unpaired) electrons. The summed E-state index contributed by atoms with van der Waals surface area (Å²) in [5.41, 5.74) is 3.10. The summed E-state index contributed by atoms with van der Waals surface area (Å²) in [4.78, 5) is 22.3. The third-order valence-corrected chi connectivity index (χ3v) is 6.29. The van der Waals surface area contributed by atoms with E-state index in [1.165, 1.54) is 24.0 Å². The number of nitrogens with zero attached hydrogens (tertiary/aromatic N) is 6.